The van der Waals surface area contributed by atoms with Gasteiger partial charge in [0.1, 0.15) is 0 Å². The summed E-state index contributed by atoms with van der Waals surface area (Å²) in [4.78, 5) is 14.8. The van der Waals surface area contributed by atoms with Crippen LogP contribution in [0.5, 0.6) is 0 Å². The van der Waals surface area contributed by atoms with E-state index in [0.717, 1.165) is 50.9 Å². The molecule has 0 spiro atoms. The standard InChI is InChI=1S/C20H33N3O.2ClH/c1-3-5-13-23(4-2)16-18-10-8-9-17(14-18)15-22-19(24)20(21)11-6-7-12-20;;/h8-10,14H,3-7,11-13,15-16,21H2,1-2H3,(H,22,24);2*1H. The Balaban J connectivity index is 0.00000312. The average Bonchev–Trinajstić information content (AvgIpc) is 3.04. The van der Waals surface area contributed by atoms with Gasteiger partial charge in [0.2, 0.25) is 5.91 Å². The summed E-state index contributed by atoms with van der Waals surface area (Å²) in [6.45, 7) is 8.18. The van der Waals surface area contributed by atoms with E-state index in [1.165, 1.54) is 18.4 Å². The van der Waals surface area contributed by atoms with E-state index in [9.17, 15) is 4.79 Å². The summed E-state index contributed by atoms with van der Waals surface area (Å²) >= 11 is 0. The number of hydrogen-bond acceptors (Lipinski definition) is 3. The monoisotopic (exact) mass is 403 g/mol. The van der Waals surface area contributed by atoms with Crippen LogP contribution in [0.4, 0.5) is 0 Å². The molecule has 0 heterocycles. The summed E-state index contributed by atoms with van der Waals surface area (Å²) in [5.74, 6) is 0.00327. The molecule has 0 unspecified atom stereocenters. The lowest BCUT2D eigenvalue weighted by atomic mass is 9.98. The molecule has 150 valence electrons. The molecule has 1 saturated carbocycles. The number of halogens is 2. The van der Waals surface area contributed by atoms with Crippen LogP contribution in [0, 0.1) is 0 Å². The first kappa shape index (κ1) is 25.2. The summed E-state index contributed by atoms with van der Waals surface area (Å²) in [5.41, 5.74) is 8.02. The third-order valence-electron chi connectivity index (χ3n) is 5.07. The highest BCUT2D eigenvalue weighted by Crippen LogP contribution is 2.27. The van der Waals surface area contributed by atoms with E-state index in [0.29, 0.717) is 6.54 Å². The number of carbonyl (C=O) groups is 1. The Bertz CT molecular complexity index is 534. The number of nitrogens with zero attached hydrogens (tertiary/aromatic N) is 1. The number of rotatable bonds is 9. The molecule has 0 atom stereocenters. The first-order chi connectivity index (χ1) is 11.6. The Kier molecular flexibility index (Phi) is 12.2. The molecule has 0 aliphatic heterocycles. The molecule has 0 saturated heterocycles. The van der Waals surface area contributed by atoms with Crippen molar-refractivity contribution in [3.8, 4) is 0 Å². The molecule has 1 aliphatic carbocycles. The Hall–Kier alpha value is -0.810. The molecular formula is C20H35Cl2N3O. The predicted octanol–water partition coefficient (Wildman–Crippen LogP) is 4.04. The highest BCUT2D eigenvalue weighted by molar-refractivity contribution is 5.86. The molecule has 1 aromatic rings. The minimum absolute atomic E-state index is 0. The molecule has 0 aromatic heterocycles. The van der Waals surface area contributed by atoms with Crippen LogP contribution in [0.25, 0.3) is 0 Å². The Morgan fingerprint density at radius 3 is 2.46 bits per heavy atom. The van der Waals surface area contributed by atoms with Crippen molar-refractivity contribution in [3.05, 3.63) is 35.4 Å². The number of nitrogens with one attached hydrogen (secondary N) is 1. The minimum atomic E-state index is -0.642. The lowest BCUT2D eigenvalue weighted by Crippen LogP contribution is -2.51. The third-order valence-corrected chi connectivity index (χ3v) is 5.07. The first-order valence-corrected chi connectivity index (χ1v) is 9.44. The maximum absolute atomic E-state index is 12.3. The van der Waals surface area contributed by atoms with Gasteiger partial charge in [-0.3, -0.25) is 9.69 Å². The lowest BCUT2D eigenvalue weighted by Gasteiger charge is -2.23. The molecule has 0 bridgehead atoms. The van der Waals surface area contributed by atoms with Crippen LogP contribution in [-0.4, -0.2) is 29.4 Å². The first-order valence-electron chi connectivity index (χ1n) is 9.44. The van der Waals surface area contributed by atoms with Crippen LogP contribution in [-0.2, 0) is 17.9 Å². The highest BCUT2D eigenvalue weighted by Gasteiger charge is 2.36. The molecular weight excluding hydrogens is 369 g/mol. The van der Waals surface area contributed by atoms with E-state index in [1.54, 1.807) is 0 Å². The number of amides is 1. The van der Waals surface area contributed by atoms with Gasteiger partial charge in [0.05, 0.1) is 5.54 Å². The summed E-state index contributed by atoms with van der Waals surface area (Å²) in [6, 6.07) is 8.52. The van der Waals surface area contributed by atoms with E-state index in [2.05, 4.69) is 48.3 Å². The zero-order valence-electron chi connectivity index (χ0n) is 16.1. The van der Waals surface area contributed by atoms with Gasteiger partial charge in [0, 0.05) is 13.1 Å². The van der Waals surface area contributed by atoms with Gasteiger partial charge < -0.3 is 11.1 Å². The second-order valence-electron chi connectivity index (χ2n) is 7.09. The molecule has 26 heavy (non-hydrogen) atoms. The largest absolute Gasteiger partial charge is 0.350 e. The van der Waals surface area contributed by atoms with Crippen molar-refractivity contribution in [3.63, 3.8) is 0 Å². The average molecular weight is 404 g/mol. The fraction of sp³-hybridized carbons (Fsp3) is 0.650. The summed E-state index contributed by atoms with van der Waals surface area (Å²) in [6.07, 6.45) is 6.20. The Labute approximate surface area is 171 Å². The van der Waals surface area contributed by atoms with Crippen molar-refractivity contribution in [2.75, 3.05) is 13.1 Å². The van der Waals surface area contributed by atoms with Crippen molar-refractivity contribution in [1.29, 1.82) is 0 Å². The normalized spacial score (nSPS) is 15.2. The zero-order valence-corrected chi connectivity index (χ0v) is 17.8. The minimum Gasteiger partial charge on any atom is -0.350 e. The third kappa shape index (κ3) is 7.43. The topological polar surface area (TPSA) is 58.4 Å². The molecule has 6 heteroatoms. The Morgan fingerprint density at radius 1 is 1.19 bits per heavy atom. The van der Waals surface area contributed by atoms with Gasteiger partial charge in [-0.05, 0) is 43.5 Å². The molecule has 1 fully saturated rings. The van der Waals surface area contributed by atoms with Crippen molar-refractivity contribution in [1.82, 2.24) is 10.2 Å². The van der Waals surface area contributed by atoms with Crippen molar-refractivity contribution in [2.24, 2.45) is 5.73 Å². The SMILES string of the molecule is CCCCN(CC)Cc1cccc(CNC(=O)C2(N)CCCC2)c1.Cl.Cl. The van der Waals surface area contributed by atoms with Gasteiger partial charge in [-0.1, -0.05) is 57.4 Å². The van der Waals surface area contributed by atoms with Crippen LogP contribution >= 0.6 is 24.8 Å². The van der Waals surface area contributed by atoms with Crippen molar-refractivity contribution < 1.29 is 4.79 Å². The van der Waals surface area contributed by atoms with E-state index >= 15 is 0 Å². The number of nitrogens with two attached hydrogens (primary N) is 1. The second-order valence-corrected chi connectivity index (χ2v) is 7.09. The lowest BCUT2D eigenvalue weighted by molar-refractivity contribution is -0.126. The van der Waals surface area contributed by atoms with Crippen molar-refractivity contribution in [2.45, 2.75) is 71.0 Å². The van der Waals surface area contributed by atoms with E-state index < -0.39 is 5.54 Å². The molecule has 0 radical (unpaired) electrons. The quantitative estimate of drug-likeness (QED) is 0.653. The molecule has 3 N–H and O–H groups in total. The van der Waals surface area contributed by atoms with Crippen LogP contribution < -0.4 is 11.1 Å². The molecule has 1 aromatic carbocycles. The molecule has 1 amide bonds. The number of benzene rings is 1. The van der Waals surface area contributed by atoms with Gasteiger partial charge in [-0.25, -0.2) is 0 Å². The van der Waals surface area contributed by atoms with Crippen LogP contribution in [0.1, 0.15) is 63.5 Å². The van der Waals surface area contributed by atoms with Crippen LogP contribution in [0.15, 0.2) is 24.3 Å². The fourth-order valence-corrected chi connectivity index (χ4v) is 3.42. The van der Waals surface area contributed by atoms with E-state index in [-0.39, 0.29) is 30.7 Å². The number of carbonyl (C=O) groups excluding carboxylic acids is 1. The highest BCUT2D eigenvalue weighted by atomic mass is 35.5. The van der Waals surface area contributed by atoms with Crippen LogP contribution in [0.2, 0.25) is 0 Å². The molecule has 1 aliphatic rings. The maximum Gasteiger partial charge on any atom is 0.240 e. The van der Waals surface area contributed by atoms with E-state index in [4.69, 9.17) is 5.73 Å². The van der Waals surface area contributed by atoms with E-state index in [1.807, 2.05) is 0 Å². The molecule has 2 rings (SSSR count). The van der Waals surface area contributed by atoms with Gasteiger partial charge >= 0.3 is 0 Å². The second kappa shape index (κ2) is 12.6. The summed E-state index contributed by atoms with van der Waals surface area (Å²) in [7, 11) is 0. The predicted molar refractivity (Wildman–Crippen MR) is 114 cm³/mol. The van der Waals surface area contributed by atoms with Crippen molar-refractivity contribution >= 4 is 30.7 Å². The van der Waals surface area contributed by atoms with Gasteiger partial charge in [0.15, 0.2) is 0 Å². The Morgan fingerprint density at radius 2 is 1.85 bits per heavy atom. The number of unbranched alkanes of at least 4 members (excludes halogenated alkanes) is 1. The van der Waals surface area contributed by atoms with Gasteiger partial charge in [-0.2, -0.15) is 0 Å². The van der Waals surface area contributed by atoms with Gasteiger partial charge in [-0.15, -0.1) is 24.8 Å². The van der Waals surface area contributed by atoms with Crippen LogP contribution in [0.3, 0.4) is 0 Å². The summed E-state index contributed by atoms with van der Waals surface area (Å²) < 4.78 is 0. The maximum atomic E-state index is 12.3. The molecule has 4 nitrogen and oxygen atoms in total. The summed E-state index contributed by atoms with van der Waals surface area (Å²) in [5, 5.41) is 3.03. The number of hydrogen-bond donors (Lipinski definition) is 2. The van der Waals surface area contributed by atoms with Gasteiger partial charge in [0.25, 0.3) is 0 Å². The zero-order chi connectivity index (χ0) is 17.4. The fourth-order valence-electron chi connectivity index (χ4n) is 3.42. The smallest absolute Gasteiger partial charge is 0.240 e.